The van der Waals surface area contributed by atoms with E-state index in [0.717, 1.165) is 29.5 Å². The maximum absolute atomic E-state index is 13.4. The third-order valence-corrected chi connectivity index (χ3v) is 8.55. The summed E-state index contributed by atoms with van der Waals surface area (Å²) in [7, 11) is -3.95. The molecule has 1 N–H and O–H groups in total. The molecule has 0 aliphatic rings. The van der Waals surface area contributed by atoms with Crippen LogP contribution in [0, 0.1) is 6.92 Å². The molecule has 10 heteroatoms. The van der Waals surface area contributed by atoms with Crippen molar-refractivity contribution in [2.24, 2.45) is 0 Å². The second kappa shape index (κ2) is 13.9. The summed E-state index contributed by atoms with van der Waals surface area (Å²) in [4.78, 5) is 17.4. The van der Waals surface area contributed by atoms with E-state index in [-0.39, 0.29) is 41.2 Å². The minimum absolute atomic E-state index is 0.102. The molecule has 0 amide bonds. The van der Waals surface area contributed by atoms with E-state index in [2.05, 4.69) is 57.6 Å². The lowest BCUT2D eigenvalue weighted by Crippen LogP contribution is -2.17. The smallest absolute Gasteiger partial charge is 0.316 e. The van der Waals surface area contributed by atoms with Crippen LogP contribution in [0.5, 0.6) is 11.9 Å². The van der Waals surface area contributed by atoms with Gasteiger partial charge >= 0.3 is 6.01 Å². The van der Waals surface area contributed by atoms with Crippen LogP contribution in [0.25, 0.3) is 11.1 Å². The maximum atomic E-state index is 13.4. The number of aryl methyl sites for hydroxylation is 3. The van der Waals surface area contributed by atoms with Crippen LogP contribution in [0.3, 0.4) is 0 Å². The van der Waals surface area contributed by atoms with Crippen LogP contribution in [0.1, 0.15) is 43.0 Å². The standard InChI is InChI=1S/C35H37N5O4S/c1-25-10-14-28(15-11-25)31-32(40-45(41,42)30-18-16-29(17-19-30)35(2,3)4)38-24-39-33(31)43-20-21-44-34-36-22-27(23-37-34)13-12-26-8-6-5-7-9-26/h5-11,14-19,22-24H,12-13,20-21H2,1-4H3,(H,38,39,40). The molecule has 0 bridgehead atoms. The molecule has 0 fully saturated rings. The van der Waals surface area contributed by atoms with Crippen LogP contribution < -0.4 is 14.2 Å². The Morgan fingerprint density at radius 1 is 0.733 bits per heavy atom. The summed E-state index contributed by atoms with van der Waals surface area (Å²) in [6.07, 6.45) is 6.53. The lowest BCUT2D eigenvalue weighted by Gasteiger charge is -2.19. The van der Waals surface area contributed by atoms with Gasteiger partial charge in [-0.25, -0.2) is 28.4 Å². The fourth-order valence-electron chi connectivity index (χ4n) is 4.61. The fourth-order valence-corrected chi connectivity index (χ4v) is 5.63. The third-order valence-electron chi connectivity index (χ3n) is 7.19. The van der Waals surface area contributed by atoms with Crippen LogP contribution in [0.4, 0.5) is 5.82 Å². The number of ether oxygens (including phenoxy) is 2. The van der Waals surface area contributed by atoms with Gasteiger partial charge in [-0.05, 0) is 59.6 Å². The molecule has 0 saturated heterocycles. The first kappa shape index (κ1) is 31.6. The molecule has 0 aliphatic carbocycles. The molecule has 9 nitrogen and oxygen atoms in total. The van der Waals surface area contributed by atoms with Gasteiger partial charge in [0.05, 0.1) is 10.5 Å². The lowest BCUT2D eigenvalue weighted by atomic mass is 9.87. The summed E-state index contributed by atoms with van der Waals surface area (Å²) in [5.41, 5.74) is 5.39. The summed E-state index contributed by atoms with van der Waals surface area (Å²) in [6.45, 7) is 8.48. The number of aromatic nitrogens is 4. The van der Waals surface area contributed by atoms with Gasteiger partial charge in [-0.2, -0.15) is 0 Å². The second-order valence-electron chi connectivity index (χ2n) is 11.7. The summed E-state index contributed by atoms with van der Waals surface area (Å²) >= 11 is 0. The van der Waals surface area contributed by atoms with E-state index in [9.17, 15) is 8.42 Å². The van der Waals surface area contributed by atoms with Crippen molar-refractivity contribution < 1.29 is 17.9 Å². The van der Waals surface area contributed by atoms with Gasteiger partial charge in [0.25, 0.3) is 10.0 Å². The van der Waals surface area contributed by atoms with E-state index in [1.54, 1.807) is 24.5 Å². The zero-order valence-electron chi connectivity index (χ0n) is 25.9. The predicted molar refractivity (Wildman–Crippen MR) is 175 cm³/mol. The van der Waals surface area contributed by atoms with E-state index in [1.807, 2.05) is 61.5 Å². The Bertz CT molecular complexity index is 1810. The van der Waals surface area contributed by atoms with Crippen LogP contribution >= 0.6 is 0 Å². The number of anilines is 1. The average molecular weight is 624 g/mol. The minimum atomic E-state index is -3.95. The fraction of sp³-hybridized carbons (Fsp3) is 0.257. The van der Waals surface area contributed by atoms with Crippen LogP contribution in [-0.4, -0.2) is 41.6 Å². The lowest BCUT2D eigenvalue weighted by molar-refractivity contribution is 0.202. The number of nitrogens with one attached hydrogen (secondary N) is 1. The van der Waals surface area contributed by atoms with Crippen LogP contribution in [0.2, 0.25) is 0 Å². The molecule has 0 saturated carbocycles. The monoisotopic (exact) mass is 623 g/mol. The van der Waals surface area contributed by atoms with E-state index < -0.39 is 10.0 Å². The Morgan fingerprint density at radius 3 is 2.04 bits per heavy atom. The zero-order chi connectivity index (χ0) is 31.9. The number of sulfonamides is 1. The van der Waals surface area contributed by atoms with Crippen molar-refractivity contribution in [3.8, 4) is 23.0 Å². The Labute approximate surface area is 264 Å². The molecule has 5 rings (SSSR count). The molecule has 5 aromatic rings. The van der Waals surface area contributed by atoms with Crippen molar-refractivity contribution in [3.63, 3.8) is 0 Å². The van der Waals surface area contributed by atoms with Crippen LogP contribution in [-0.2, 0) is 28.3 Å². The van der Waals surface area contributed by atoms with E-state index in [4.69, 9.17) is 9.47 Å². The number of hydrogen-bond donors (Lipinski definition) is 1. The van der Waals surface area contributed by atoms with E-state index in [0.29, 0.717) is 11.1 Å². The normalized spacial score (nSPS) is 11.6. The van der Waals surface area contributed by atoms with Gasteiger partial charge in [0.15, 0.2) is 5.82 Å². The van der Waals surface area contributed by atoms with Crippen molar-refractivity contribution in [2.45, 2.75) is 50.8 Å². The third kappa shape index (κ3) is 8.42. The van der Waals surface area contributed by atoms with E-state index >= 15 is 0 Å². The second-order valence-corrected chi connectivity index (χ2v) is 13.4. The van der Waals surface area contributed by atoms with Gasteiger partial charge < -0.3 is 9.47 Å². The predicted octanol–water partition coefficient (Wildman–Crippen LogP) is 6.58. The molecule has 2 aromatic heterocycles. The first-order chi connectivity index (χ1) is 21.6. The Kier molecular flexibility index (Phi) is 9.73. The number of nitrogens with zero attached hydrogens (tertiary/aromatic N) is 4. The molecule has 45 heavy (non-hydrogen) atoms. The first-order valence-electron chi connectivity index (χ1n) is 14.7. The molecule has 0 spiro atoms. The molecular weight excluding hydrogens is 586 g/mol. The highest BCUT2D eigenvalue weighted by Crippen LogP contribution is 2.35. The first-order valence-corrected chi connectivity index (χ1v) is 16.2. The van der Waals surface area contributed by atoms with Gasteiger partial charge in [0.2, 0.25) is 5.88 Å². The largest absolute Gasteiger partial charge is 0.473 e. The molecule has 3 aromatic carbocycles. The van der Waals surface area contributed by atoms with E-state index in [1.165, 1.54) is 11.9 Å². The maximum Gasteiger partial charge on any atom is 0.316 e. The van der Waals surface area contributed by atoms with Gasteiger partial charge in [-0.15, -0.1) is 0 Å². The quantitative estimate of drug-likeness (QED) is 0.155. The van der Waals surface area contributed by atoms with Crippen molar-refractivity contribution in [1.82, 2.24) is 19.9 Å². The minimum Gasteiger partial charge on any atom is -0.473 e. The molecular formula is C35H37N5O4S. The summed E-state index contributed by atoms with van der Waals surface area (Å²) in [5, 5.41) is 0. The number of hydrogen-bond acceptors (Lipinski definition) is 8. The van der Waals surface area contributed by atoms with Crippen molar-refractivity contribution in [1.29, 1.82) is 0 Å². The van der Waals surface area contributed by atoms with Gasteiger partial charge in [0.1, 0.15) is 19.5 Å². The molecule has 0 radical (unpaired) electrons. The molecule has 0 unspecified atom stereocenters. The van der Waals surface area contributed by atoms with Crippen LogP contribution in [0.15, 0.2) is 102 Å². The number of benzene rings is 3. The summed E-state index contributed by atoms with van der Waals surface area (Å²) in [6, 6.07) is 25.0. The zero-order valence-corrected chi connectivity index (χ0v) is 26.7. The highest BCUT2D eigenvalue weighted by atomic mass is 32.2. The highest BCUT2D eigenvalue weighted by Gasteiger charge is 2.22. The Morgan fingerprint density at radius 2 is 1.38 bits per heavy atom. The summed E-state index contributed by atoms with van der Waals surface area (Å²) in [5.74, 6) is 0.328. The highest BCUT2D eigenvalue weighted by molar-refractivity contribution is 7.92. The topological polar surface area (TPSA) is 116 Å². The molecule has 0 atom stereocenters. The van der Waals surface area contributed by atoms with Gasteiger partial charge in [-0.1, -0.05) is 93.1 Å². The van der Waals surface area contributed by atoms with Crippen molar-refractivity contribution in [2.75, 3.05) is 17.9 Å². The summed E-state index contributed by atoms with van der Waals surface area (Å²) < 4.78 is 41.2. The number of rotatable bonds is 12. The van der Waals surface area contributed by atoms with Crippen molar-refractivity contribution in [3.05, 3.63) is 120 Å². The van der Waals surface area contributed by atoms with Gasteiger partial charge in [-0.3, -0.25) is 4.72 Å². The van der Waals surface area contributed by atoms with Gasteiger partial charge in [0, 0.05) is 12.4 Å². The molecule has 232 valence electrons. The Balaban J connectivity index is 1.27. The molecule has 0 aliphatic heterocycles. The average Bonchev–Trinajstić information content (AvgIpc) is 3.03. The SMILES string of the molecule is Cc1ccc(-c2c(NS(=O)(=O)c3ccc(C(C)(C)C)cc3)ncnc2OCCOc2ncc(CCc3ccccc3)cn2)cc1. The Hall–Kier alpha value is -4.83. The molecule has 2 heterocycles. The van der Waals surface area contributed by atoms with Crippen molar-refractivity contribution >= 4 is 15.8 Å².